The van der Waals surface area contributed by atoms with E-state index in [1.807, 2.05) is 19.0 Å². The van der Waals surface area contributed by atoms with Crippen LogP contribution in [0.25, 0.3) is 33.1 Å². The van der Waals surface area contributed by atoms with E-state index in [-0.39, 0.29) is 42.4 Å². The van der Waals surface area contributed by atoms with Gasteiger partial charge < -0.3 is 28.7 Å². The minimum absolute atomic E-state index is 0.00346. The molecule has 1 saturated carbocycles. The monoisotopic (exact) mass is 639 g/mol. The highest BCUT2D eigenvalue weighted by molar-refractivity contribution is 6.33. The van der Waals surface area contributed by atoms with Gasteiger partial charge in [0.25, 0.3) is 0 Å². The molecule has 0 spiro atoms. The number of pyridine rings is 1. The number of halogens is 2. The van der Waals surface area contributed by atoms with E-state index in [9.17, 15) is 4.79 Å². The first kappa shape index (κ1) is 29.9. The highest BCUT2D eigenvalue weighted by Gasteiger charge is 2.44. The molecule has 1 saturated heterocycles. The number of nitrogens with zero attached hydrogens (tertiary/aromatic N) is 6. The van der Waals surface area contributed by atoms with Crippen LogP contribution in [-0.2, 0) is 20.6 Å². The van der Waals surface area contributed by atoms with Gasteiger partial charge in [-0.05, 0) is 58.3 Å². The van der Waals surface area contributed by atoms with Gasteiger partial charge >= 0.3 is 12.2 Å². The predicted molar refractivity (Wildman–Crippen MR) is 165 cm³/mol. The first-order valence-electron chi connectivity index (χ1n) is 15.1. The number of benzene rings is 1. The lowest BCUT2D eigenvalue weighted by molar-refractivity contribution is -0.0575. The van der Waals surface area contributed by atoms with Gasteiger partial charge in [0, 0.05) is 40.7 Å². The third-order valence-corrected chi connectivity index (χ3v) is 8.99. The summed E-state index contributed by atoms with van der Waals surface area (Å²) in [4.78, 5) is 30.9. The van der Waals surface area contributed by atoms with Crippen LogP contribution in [0.5, 0.6) is 6.01 Å². The van der Waals surface area contributed by atoms with Crippen LogP contribution in [0.1, 0.15) is 31.7 Å². The van der Waals surface area contributed by atoms with Crippen molar-refractivity contribution in [2.75, 3.05) is 65.1 Å². The highest BCUT2D eigenvalue weighted by atomic mass is 35.5. The minimum Gasteiger partial charge on any atom is -0.463 e. The van der Waals surface area contributed by atoms with Gasteiger partial charge in [-0.3, -0.25) is 10.1 Å². The van der Waals surface area contributed by atoms with Gasteiger partial charge in [-0.15, -0.1) is 0 Å². The fourth-order valence-electron chi connectivity index (χ4n) is 6.40. The Hall–Kier alpha value is -3.81. The molecule has 6 bridgehead atoms. The molecule has 12 nitrogen and oxygen atoms in total. The second kappa shape index (κ2) is 11.5. The molecule has 45 heavy (non-hydrogen) atoms. The first-order chi connectivity index (χ1) is 21.6. The molecule has 3 aliphatic heterocycles. The number of hydrogen-bond acceptors (Lipinski definition) is 11. The Kier molecular flexibility index (Phi) is 7.65. The number of nitrogens with one attached hydrogen (secondary N) is 1. The fourth-order valence-corrected chi connectivity index (χ4v) is 6.70. The summed E-state index contributed by atoms with van der Waals surface area (Å²) in [6.07, 6.45) is 5.27. The number of hydrogen-bond donors (Lipinski definition) is 1. The van der Waals surface area contributed by atoms with Gasteiger partial charge in [0.05, 0.1) is 50.1 Å². The van der Waals surface area contributed by atoms with Crippen LogP contribution in [0.2, 0.25) is 5.02 Å². The molecular weight excluding hydrogens is 605 g/mol. The summed E-state index contributed by atoms with van der Waals surface area (Å²) in [6, 6.07) is 1.81. The Bertz CT molecular complexity index is 1780. The Morgan fingerprint density at radius 2 is 2.04 bits per heavy atom. The van der Waals surface area contributed by atoms with Gasteiger partial charge in [0.15, 0.2) is 11.4 Å². The van der Waals surface area contributed by atoms with Gasteiger partial charge in [0.1, 0.15) is 17.0 Å². The molecule has 1 aliphatic carbocycles. The molecule has 4 aromatic rings. The molecule has 0 amide bonds. The van der Waals surface area contributed by atoms with E-state index in [0.29, 0.717) is 70.9 Å². The van der Waals surface area contributed by atoms with Gasteiger partial charge in [-0.2, -0.15) is 15.1 Å². The Balaban J connectivity index is 1.42. The normalized spacial score (nSPS) is 21.6. The fraction of sp³-hybridized carbons (Fsp3) is 0.516. The van der Waals surface area contributed by atoms with Crippen molar-refractivity contribution in [3.63, 3.8) is 0 Å². The lowest BCUT2D eigenvalue weighted by Crippen LogP contribution is -2.46. The van der Waals surface area contributed by atoms with Crippen molar-refractivity contribution >= 4 is 45.4 Å². The van der Waals surface area contributed by atoms with Crippen LogP contribution in [0.3, 0.4) is 0 Å². The molecular formula is C31H35ClFN7O5. The number of H-pyrrole nitrogens is 1. The third-order valence-electron chi connectivity index (χ3n) is 8.65. The summed E-state index contributed by atoms with van der Waals surface area (Å²) < 4.78 is 40.3. The topological polar surface area (TPSA) is 128 Å². The lowest BCUT2D eigenvalue weighted by atomic mass is 9.95. The molecule has 3 aromatic heterocycles. The van der Waals surface area contributed by atoms with Crippen molar-refractivity contribution in [1.82, 2.24) is 30.0 Å². The number of aromatic nitrogens is 5. The Labute approximate surface area is 264 Å². The molecule has 1 aromatic carbocycles. The van der Waals surface area contributed by atoms with Gasteiger partial charge in [0.2, 0.25) is 0 Å². The van der Waals surface area contributed by atoms with E-state index < -0.39 is 17.6 Å². The number of carbonyl (C=O) groups excluding carboxylic acids is 1. The molecule has 6 heterocycles. The number of anilines is 1. The number of aromatic amines is 1. The average Bonchev–Trinajstić information content (AvgIpc) is 3.64. The predicted octanol–water partition coefficient (Wildman–Crippen LogP) is 4.78. The second-order valence-electron chi connectivity index (χ2n) is 12.8. The van der Waals surface area contributed by atoms with Gasteiger partial charge in [-0.1, -0.05) is 11.6 Å². The number of carbonyl (C=O) groups is 1. The third kappa shape index (κ3) is 5.84. The molecule has 2 fully saturated rings. The molecule has 0 unspecified atom stereocenters. The second-order valence-corrected chi connectivity index (χ2v) is 13.2. The van der Waals surface area contributed by atoms with Crippen LogP contribution < -0.4 is 9.64 Å². The summed E-state index contributed by atoms with van der Waals surface area (Å²) >= 11 is 6.76. The molecule has 14 heteroatoms. The van der Waals surface area contributed by atoms with E-state index in [4.69, 9.17) is 35.5 Å². The van der Waals surface area contributed by atoms with E-state index in [2.05, 4.69) is 25.1 Å². The van der Waals surface area contributed by atoms with Crippen LogP contribution in [0.4, 0.5) is 15.0 Å². The summed E-state index contributed by atoms with van der Waals surface area (Å²) in [5, 5.41) is 8.57. The zero-order chi connectivity index (χ0) is 31.3. The molecule has 238 valence electrons. The molecule has 4 aliphatic rings. The SMILES string of the molecule is CN(C)CC1(COc2nc3c4cnc(c(F)c4n2)-c2c(c(Cl)cc4[nH]ncc24)CCCOC(=O)O[C@]2(C)COCCN3C2)CC1. The number of rotatable bonds is 5. The largest absolute Gasteiger partial charge is 0.508 e. The minimum atomic E-state index is -1.07. The molecule has 1 atom stereocenters. The van der Waals surface area contributed by atoms with Gasteiger partial charge in [-0.25, -0.2) is 9.18 Å². The molecule has 1 N–H and O–H groups in total. The summed E-state index contributed by atoms with van der Waals surface area (Å²) in [7, 11) is 4.07. The summed E-state index contributed by atoms with van der Waals surface area (Å²) in [6.45, 7) is 4.22. The van der Waals surface area contributed by atoms with Crippen molar-refractivity contribution in [2.45, 2.75) is 38.2 Å². The number of fused-ring (bicyclic) bond motifs is 7. The molecule has 0 radical (unpaired) electrons. The zero-order valence-electron chi connectivity index (χ0n) is 25.5. The highest BCUT2D eigenvalue weighted by Crippen LogP contribution is 2.46. The summed E-state index contributed by atoms with van der Waals surface area (Å²) in [5.41, 5.74) is 0.889. The van der Waals surface area contributed by atoms with Crippen LogP contribution in [0.15, 0.2) is 18.5 Å². The maximum atomic E-state index is 16.9. The zero-order valence-corrected chi connectivity index (χ0v) is 26.2. The Morgan fingerprint density at radius 1 is 1.20 bits per heavy atom. The van der Waals surface area contributed by atoms with Crippen LogP contribution >= 0.6 is 11.6 Å². The van der Waals surface area contributed by atoms with Crippen molar-refractivity contribution in [3.05, 3.63) is 34.9 Å². The smallest absolute Gasteiger partial charge is 0.463 e. The number of ether oxygens (including phenoxy) is 4. The van der Waals surface area contributed by atoms with Crippen LogP contribution in [-0.4, -0.2) is 102 Å². The van der Waals surface area contributed by atoms with E-state index in [0.717, 1.165) is 19.4 Å². The van der Waals surface area contributed by atoms with Crippen LogP contribution in [0, 0.1) is 11.2 Å². The summed E-state index contributed by atoms with van der Waals surface area (Å²) in [5.74, 6) is -0.212. The average molecular weight is 640 g/mol. The van der Waals surface area contributed by atoms with E-state index >= 15 is 4.39 Å². The van der Waals surface area contributed by atoms with E-state index in [1.165, 1.54) is 0 Å². The van der Waals surface area contributed by atoms with E-state index in [1.54, 1.807) is 25.4 Å². The molecule has 8 rings (SSSR count). The van der Waals surface area contributed by atoms with Crippen molar-refractivity contribution in [1.29, 1.82) is 0 Å². The van der Waals surface area contributed by atoms with Crippen molar-refractivity contribution < 1.29 is 28.1 Å². The maximum Gasteiger partial charge on any atom is 0.508 e. The first-order valence-corrected chi connectivity index (χ1v) is 15.5. The standard InChI is InChI=1S/C31H35ClFN7O5/c1-30-14-40(8-10-42-16-30)27-20-12-34-26(24(33)25(20)36-28(37-27)44-17-31(6-7-31)15-39(2)3)23-18(5-4-9-43-29(41)45-30)21(32)11-22-19(23)13-35-38-22/h11-13H,4-10,14-17H2,1-3H3,(H,35,38)/t30-/m0/s1. The maximum absolute atomic E-state index is 16.9. The quantitative estimate of drug-likeness (QED) is 0.303. The van der Waals surface area contributed by atoms with Crippen molar-refractivity contribution in [3.8, 4) is 17.3 Å². The Morgan fingerprint density at radius 3 is 2.84 bits per heavy atom. The lowest BCUT2D eigenvalue weighted by Gasteiger charge is -2.32. The van der Waals surface area contributed by atoms with Crippen molar-refractivity contribution in [2.24, 2.45) is 5.41 Å².